The summed E-state index contributed by atoms with van der Waals surface area (Å²) in [5.41, 5.74) is 2.45. The molecule has 116 valence electrons. The van der Waals surface area contributed by atoms with Crippen molar-refractivity contribution in [2.75, 3.05) is 25.6 Å². The number of carbonyl (C=O) groups excluding carboxylic acids is 1. The first-order chi connectivity index (χ1) is 10.7. The monoisotopic (exact) mass is 300 g/mol. The third-order valence-electron chi connectivity index (χ3n) is 3.20. The molecule has 2 aromatic carbocycles. The number of benzene rings is 2. The minimum Gasteiger partial charge on any atom is -0.496 e. The van der Waals surface area contributed by atoms with Crippen LogP contribution in [0.5, 0.6) is 5.75 Å². The minimum absolute atomic E-state index is 0.0719. The first-order valence-electron chi connectivity index (χ1n) is 7.09. The van der Waals surface area contributed by atoms with Crippen LogP contribution in [0, 0.1) is 0 Å². The Labute approximate surface area is 129 Å². The summed E-state index contributed by atoms with van der Waals surface area (Å²) in [5, 5.41) is 14.6. The lowest BCUT2D eigenvalue weighted by atomic mass is 10.1. The van der Waals surface area contributed by atoms with Crippen molar-refractivity contribution in [3.63, 3.8) is 0 Å². The number of carbonyl (C=O) groups is 1. The molecule has 0 aliphatic heterocycles. The summed E-state index contributed by atoms with van der Waals surface area (Å²) in [5.74, 6) is 0.627. The summed E-state index contributed by atoms with van der Waals surface area (Å²) < 4.78 is 5.31. The van der Waals surface area contributed by atoms with E-state index in [0.29, 0.717) is 12.1 Å². The second-order valence-electron chi connectivity index (χ2n) is 4.73. The van der Waals surface area contributed by atoms with Gasteiger partial charge in [0.15, 0.2) is 0 Å². The van der Waals surface area contributed by atoms with Gasteiger partial charge in [0.05, 0.1) is 13.7 Å². The lowest BCUT2D eigenvalue weighted by Crippen LogP contribution is -2.26. The Balaban J connectivity index is 2.03. The van der Waals surface area contributed by atoms with Gasteiger partial charge in [-0.05, 0) is 24.3 Å². The Kier molecular flexibility index (Phi) is 5.80. The number of para-hydroxylation sites is 1. The van der Waals surface area contributed by atoms with Gasteiger partial charge in [-0.15, -0.1) is 0 Å². The number of hydrogen-bond acceptors (Lipinski definition) is 4. The van der Waals surface area contributed by atoms with E-state index in [4.69, 9.17) is 9.84 Å². The van der Waals surface area contributed by atoms with Crippen LogP contribution in [0.3, 0.4) is 0 Å². The highest BCUT2D eigenvalue weighted by Gasteiger charge is 2.06. The Bertz CT molecular complexity index is 629. The topological polar surface area (TPSA) is 70.6 Å². The molecule has 0 atom stereocenters. The quantitative estimate of drug-likeness (QED) is 0.732. The van der Waals surface area contributed by atoms with E-state index in [0.717, 1.165) is 17.0 Å². The maximum Gasteiger partial charge on any atom is 0.251 e. The van der Waals surface area contributed by atoms with Gasteiger partial charge in [0, 0.05) is 29.9 Å². The van der Waals surface area contributed by atoms with Crippen LogP contribution >= 0.6 is 0 Å². The maximum absolute atomic E-state index is 11.9. The molecule has 3 N–H and O–H groups in total. The zero-order chi connectivity index (χ0) is 15.8. The van der Waals surface area contributed by atoms with E-state index in [-0.39, 0.29) is 19.1 Å². The van der Waals surface area contributed by atoms with Crippen molar-refractivity contribution in [2.45, 2.75) is 6.54 Å². The van der Waals surface area contributed by atoms with Crippen molar-refractivity contribution in [1.82, 2.24) is 5.32 Å². The molecule has 0 aliphatic rings. The molecule has 2 aromatic rings. The third-order valence-corrected chi connectivity index (χ3v) is 3.20. The van der Waals surface area contributed by atoms with E-state index in [1.165, 1.54) is 0 Å². The second kappa shape index (κ2) is 8.05. The van der Waals surface area contributed by atoms with Crippen molar-refractivity contribution in [3.05, 3.63) is 59.7 Å². The maximum atomic E-state index is 11.9. The first kappa shape index (κ1) is 15.9. The van der Waals surface area contributed by atoms with Gasteiger partial charge in [0.2, 0.25) is 0 Å². The number of aliphatic hydroxyl groups excluding tert-OH is 1. The Morgan fingerprint density at radius 3 is 2.77 bits per heavy atom. The van der Waals surface area contributed by atoms with Gasteiger partial charge in [-0.25, -0.2) is 0 Å². The van der Waals surface area contributed by atoms with Crippen LogP contribution in [0.2, 0.25) is 0 Å². The molecule has 0 aromatic heterocycles. The molecule has 1 amide bonds. The molecule has 0 aliphatic carbocycles. The number of aliphatic hydroxyl groups is 1. The van der Waals surface area contributed by atoms with E-state index in [2.05, 4.69) is 10.6 Å². The van der Waals surface area contributed by atoms with Crippen molar-refractivity contribution in [2.24, 2.45) is 0 Å². The Morgan fingerprint density at radius 1 is 1.18 bits per heavy atom. The molecule has 0 saturated carbocycles. The molecular weight excluding hydrogens is 280 g/mol. The first-order valence-corrected chi connectivity index (χ1v) is 7.09. The molecule has 0 saturated heterocycles. The third kappa shape index (κ3) is 4.23. The molecule has 2 rings (SSSR count). The number of ether oxygens (including phenoxy) is 1. The molecule has 5 heteroatoms. The van der Waals surface area contributed by atoms with E-state index in [1.54, 1.807) is 19.2 Å². The molecule has 0 unspecified atom stereocenters. The average molecular weight is 300 g/mol. The number of hydrogen-bond donors (Lipinski definition) is 3. The van der Waals surface area contributed by atoms with Crippen LogP contribution in [-0.2, 0) is 6.54 Å². The lowest BCUT2D eigenvalue weighted by molar-refractivity contribution is 0.0945. The summed E-state index contributed by atoms with van der Waals surface area (Å²) in [6.45, 7) is 0.779. The molecule has 0 spiro atoms. The SMILES string of the molecule is COc1ccccc1CNc1cccc(C(=O)NCCO)c1. The fourth-order valence-electron chi connectivity index (χ4n) is 2.09. The average Bonchev–Trinajstić information content (AvgIpc) is 2.58. The van der Waals surface area contributed by atoms with Crippen LogP contribution < -0.4 is 15.4 Å². The predicted molar refractivity (Wildman–Crippen MR) is 86.2 cm³/mol. The largest absolute Gasteiger partial charge is 0.496 e. The fourth-order valence-corrected chi connectivity index (χ4v) is 2.09. The van der Waals surface area contributed by atoms with Gasteiger partial charge < -0.3 is 20.5 Å². The zero-order valence-corrected chi connectivity index (χ0v) is 12.5. The summed E-state index contributed by atoms with van der Waals surface area (Å²) in [7, 11) is 1.64. The second-order valence-corrected chi connectivity index (χ2v) is 4.73. The highest BCUT2D eigenvalue weighted by Crippen LogP contribution is 2.19. The number of nitrogens with one attached hydrogen (secondary N) is 2. The normalized spacial score (nSPS) is 10.1. The van der Waals surface area contributed by atoms with E-state index < -0.39 is 0 Å². The predicted octanol–water partition coefficient (Wildman–Crippen LogP) is 2.03. The van der Waals surface area contributed by atoms with E-state index in [1.807, 2.05) is 36.4 Å². The number of rotatable bonds is 7. The molecule has 22 heavy (non-hydrogen) atoms. The minimum atomic E-state index is -0.199. The van der Waals surface area contributed by atoms with Crippen molar-refractivity contribution in [1.29, 1.82) is 0 Å². The zero-order valence-electron chi connectivity index (χ0n) is 12.5. The van der Waals surface area contributed by atoms with Crippen LogP contribution in [0.1, 0.15) is 15.9 Å². The van der Waals surface area contributed by atoms with Gasteiger partial charge in [0.1, 0.15) is 5.75 Å². The van der Waals surface area contributed by atoms with Crippen molar-refractivity contribution < 1.29 is 14.6 Å². The molecule has 0 bridgehead atoms. The number of methoxy groups -OCH3 is 1. The molecule has 5 nitrogen and oxygen atoms in total. The lowest BCUT2D eigenvalue weighted by Gasteiger charge is -2.11. The Morgan fingerprint density at radius 2 is 2.00 bits per heavy atom. The van der Waals surface area contributed by atoms with Gasteiger partial charge in [-0.3, -0.25) is 4.79 Å². The van der Waals surface area contributed by atoms with Crippen LogP contribution in [0.15, 0.2) is 48.5 Å². The van der Waals surface area contributed by atoms with Gasteiger partial charge in [-0.2, -0.15) is 0 Å². The smallest absolute Gasteiger partial charge is 0.251 e. The number of anilines is 1. The number of amides is 1. The highest BCUT2D eigenvalue weighted by atomic mass is 16.5. The van der Waals surface area contributed by atoms with Crippen molar-refractivity contribution in [3.8, 4) is 5.75 Å². The summed E-state index contributed by atoms with van der Waals surface area (Å²) in [6.07, 6.45) is 0. The van der Waals surface area contributed by atoms with Crippen LogP contribution in [0.4, 0.5) is 5.69 Å². The van der Waals surface area contributed by atoms with E-state index in [9.17, 15) is 4.79 Å². The molecule has 0 heterocycles. The van der Waals surface area contributed by atoms with E-state index >= 15 is 0 Å². The van der Waals surface area contributed by atoms with Crippen molar-refractivity contribution >= 4 is 11.6 Å². The van der Waals surface area contributed by atoms with Gasteiger partial charge in [-0.1, -0.05) is 24.3 Å². The standard InChI is InChI=1S/C17H20N2O3/c1-22-16-8-3-2-5-14(16)12-19-15-7-4-6-13(11-15)17(21)18-9-10-20/h2-8,11,19-20H,9-10,12H2,1H3,(H,18,21). The summed E-state index contributed by atoms with van der Waals surface area (Å²) >= 11 is 0. The summed E-state index contributed by atoms with van der Waals surface area (Å²) in [4.78, 5) is 11.9. The van der Waals surface area contributed by atoms with Gasteiger partial charge in [0.25, 0.3) is 5.91 Å². The Hall–Kier alpha value is -2.53. The van der Waals surface area contributed by atoms with Crippen LogP contribution in [-0.4, -0.2) is 31.3 Å². The highest BCUT2D eigenvalue weighted by molar-refractivity contribution is 5.95. The van der Waals surface area contributed by atoms with Gasteiger partial charge >= 0.3 is 0 Å². The molecular formula is C17H20N2O3. The fraction of sp³-hybridized carbons (Fsp3) is 0.235. The molecule has 0 fully saturated rings. The van der Waals surface area contributed by atoms with Crippen LogP contribution in [0.25, 0.3) is 0 Å². The molecule has 0 radical (unpaired) electrons. The summed E-state index contributed by atoms with van der Waals surface area (Å²) in [6, 6.07) is 15.0.